The van der Waals surface area contributed by atoms with E-state index in [9.17, 15) is 9.59 Å². The number of nitrogens with zero attached hydrogens (tertiary/aromatic N) is 1. The molecule has 0 saturated heterocycles. The van der Waals surface area contributed by atoms with Gasteiger partial charge in [0, 0.05) is 13.0 Å². The summed E-state index contributed by atoms with van der Waals surface area (Å²) in [5.41, 5.74) is 0. The SMILES string of the molecule is CCCN(CC(=O)OC)C(=O)CCCNC. The summed E-state index contributed by atoms with van der Waals surface area (Å²) in [5.74, 6) is -0.349. The van der Waals surface area contributed by atoms with E-state index in [4.69, 9.17) is 0 Å². The smallest absolute Gasteiger partial charge is 0.325 e. The maximum Gasteiger partial charge on any atom is 0.325 e. The van der Waals surface area contributed by atoms with E-state index in [1.165, 1.54) is 7.11 Å². The van der Waals surface area contributed by atoms with E-state index in [2.05, 4.69) is 10.1 Å². The number of nitrogens with one attached hydrogen (secondary N) is 1. The first-order valence-electron chi connectivity index (χ1n) is 5.64. The van der Waals surface area contributed by atoms with E-state index in [-0.39, 0.29) is 18.4 Å². The minimum absolute atomic E-state index is 0.0162. The highest BCUT2D eigenvalue weighted by molar-refractivity contribution is 5.81. The van der Waals surface area contributed by atoms with Gasteiger partial charge in [-0.25, -0.2) is 0 Å². The van der Waals surface area contributed by atoms with Crippen molar-refractivity contribution in [2.24, 2.45) is 0 Å². The van der Waals surface area contributed by atoms with Gasteiger partial charge in [-0.05, 0) is 26.4 Å². The molecule has 1 N–H and O–H groups in total. The van der Waals surface area contributed by atoms with Crippen molar-refractivity contribution in [2.45, 2.75) is 26.2 Å². The second kappa shape index (κ2) is 9.15. The van der Waals surface area contributed by atoms with Crippen LogP contribution in [0.2, 0.25) is 0 Å². The minimum Gasteiger partial charge on any atom is -0.468 e. The van der Waals surface area contributed by atoms with E-state index in [0.29, 0.717) is 13.0 Å². The Morgan fingerprint density at radius 3 is 2.56 bits per heavy atom. The molecule has 0 aromatic carbocycles. The van der Waals surface area contributed by atoms with Crippen molar-refractivity contribution in [1.82, 2.24) is 10.2 Å². The van der Waals surface area contributed by atoms with Gasteiger partial charge in [0.05, 0.1) is 7.11 Å². The molecule has 0 atom stereocenters. The average Bonchev–Trinajstić information content (AvgIpc) is 2.28. The fraction of sp³-hybridized carbons (Fsp3) is 0.818. The third kappa shape index (κ3) is 6.40. The Morgan fingerprint density at radius 2 is 2.06 bits per heavy atom. The molecule has 0 aliphatic rings. The van der Waals surface area contributed by atoms with Crippen molar-refractivity contribution in [1.29, 1.82) is 0 Å². The monoisotopic (exact) mass is 230 g/mol. The van der Waals surface area contributed by atoms with Crippen LogP contribution in [0.15, 0.2) is 0 Å². The normalized spacial score (nSPS) is 9.94. The van der Waals surface area contributed by atoms with Crippen molar-refractivity contribution in [3.8, 4) is 0 Å². The quantitative estimate of drug-likeness (QED) is 0.484. The van der Waals surface area contributed by atoms with Crippen molar-refractivity contribution < 1.29 is 14.3 Å². The average molecular weight is 230 g/mol. The Bertz CT molecular complexity index is 219. The first-order valence-corrected chi connectivity index (χ1v) is 5.64. The molecule has 0 radical (unpaired) electrons. The molecule has 0 heterocycles. The molecule has 0 spiro atoms. The molecule has 0 aliphatic heterocycles. The molecule has 94 valence electrons. The van der Waals surface area contributed by atoms with Crippen molar-refractivity contribution in [2.75, 3.05) is 33.8 Å². The van der Waals surface area contributed by atoms with Gasteiger partial charge >= 0.3 is 5.97 Å². The summed E-state index contributed by atoms with van der Waals surface area (Å²) in [6.07, 6.45) is 2.10. The maximum absolute atomic E-state index is 11.7. The molecule has 0 fully saturated rings. The molecular formula is C11H22N2O3. The highest BCUT2D eigenvalue weighted by Crippen LogP contribution is 1.99. The Morgan fingerprint density at radius 1 is 1.38 bits per heavy atom. The molecule has 0 aromatic rings. The Balaban J connectivity index is 4.07. The van der Waals surface area contributed by atoms with Crippen LogP contribution in [0.4, 0.5) is 0 Å². The summed E-state index contributed by atoms with van der Waals surface area (Å²) in [6, 6.07) is 0. The zero-order valence-electron chi connectivity index (χ0n) is 10.4. The first kappa shape index (κ1) is 14.9. The van der Waals surface area contributed by atoms with Crippen LogP contribution in [0.25, 0.3) is 0 Å². The number of hydrogen-bond acceptors (Lipinski definition) is 4. The number of amides is 1. The van der Waals surface area contributed by atoms with Crippen LogP contribution in [-0.2, 0) is 14.3 Å². The van der Waals surface area contributed by atoms with Crippen LogP contribution < -0.4 is 5.32 Å². The van der Waals surface area contributed by atoms with Crippen LogP contribution in [0.3, 0.4) is 0 Å². The topological polar surface area (TPSA) is 58.6 Å². The molecule has 0 saturated carbocycles. The fourth-order valence-corrected chi connectivity index (χ4v) is 1.36. The van der Waals surface area contributed by atoms with Crippen molar-refractivity contribution >= 4 is 11.9 Å². The number of methoxy groups -OCH3 is 1. The second-order valence-electron chi connectivity index (χ2n) is 3.60. The standard InChI is InChI=1S/C11H22N2O3/c1-4-8-13(9-11(15)16-3)10(14)6-5-7-12-2/h12H,4-9H2,1-3H3. The minimum atomic E-state index is -0.365. The Kier molecular flexibility index (Phi) is 8.52. The van der Waals surface area contributed by atoms with Crippen LogP contribution in [0.1, 0.15) is 26.2 Å². The van der Waals surface area contributed by atoms with E-state index < -0.39 is 0 Å². The van der Waals surface area contributed by atoms with Crippen LogP contribution in [0.5, 0.6) is 0 Å². The molecular weight excluding hydrogens is 208 g/mol. The van der Waals surface area contributed by atoms with E-state index in [1.54, 1.807) is 4.90 Å². The van der Waals surface area contributed by atoms with E-state index in [0.717, 1.165) is 19.4 Å². The summed E-state index contributed by atoms with van der Waals surface area (Å²) >= 11 is 0. The third-order valence-corrected chi connectivity index (χ3v) is 2.21. The lowest BCUT2D eigenvalue weighted by atomic mass is 10.2. The predicted molar refractivity (Wildman–Crippen MR) is 62.0 cm³/mol. The van der Waals surface area contributed by atoms with E-state index in [1.807, 2.05) is 14.0 Å². The van der Waals surface area contributed by atoms with Gasteiger partial charge in [-0.3, -0.25) is 9.59 Å². The summed E-state index contributed by atoms with van der Waals surface area (Å²) < 4.78 is 4.56. The summed E-state index contributed by atoms with van der Waals surface area (Å²) in [4.78, 5) is 24.4. The Labute approximate surface area is 97.1 Å². The zero-order chi connectivity index (χ0) is 12.4. The molecule has 5 nitrogen and oxygen atoms in total. The Hall–Kier alpha value is -1.10. The lowest BCUT2D eigenvalue weighted by Crippen LogP contribution is -2.36. The summed E-state index contributed by atoms with van der Waals surface area (Å²) in [5, 5.41) is 2.98. The maximum atomic E-state index is 11.7. The number of hydrogen-bond donors (Lipinski definition) is 1. The van der Waals surface area contributed by atoms with Crippen LogP contribution in [0, 0.1) is 0 Å². The lowest BCUT2D eigenvalue weighted by molar-refractivity contribution is -0.147. The van der Waals surface area contributed by atoms with Gasteiger partial charge in [-0.2, -0.15) is 0 Å². The highest BCUT2D eigenvalue weighted by atomic mass is 16.5. The van der Waals surface area contributed by atoms with Crippen molar-refractivity contribution in [3.05, 3.63) is 0 Å². The van der Waals surface area contributed by atoms with E-state index >= 15 is 0 Å². The van der Waals surface area contributed by atoms with Crippen LogP contribution in [-0.4, -0.2) is 50.6 Å². The number of carbonyl (C=O) groups excluding carboxylic acids is 2. The molecule has 1 amide bonds. The highest BCUT2D eigenvalue weighted by Gasteiger charge is 2.15. The number of esters is 1. The largest absolute Gasteiger partial charge is 0.468 e. The van der Waals surface area contributed by atoms with Gasteiger partial charge < -0.3 is 15.0 Å². The number of ether oxygens (including phenoxy) is 1. The van der Waals surface area contributed by atoms with Gasteiger partial charge in [0.2, 0.25) is 5.91 Å². The second-order valence-corrected chi connectivity index (χ2v) is 3.60. The molecule has 0 aromatic heterocycles. The van der Waals surface area contributed by atoms with Crippen molar-refractivity contribution in [3.63, 3.8) is 0 Å². The zero-order valence-corrected chi connectivity index (χ0v) is 10.4. The fourth-order valence-electron chi connectivity index (χ4n) is 1.36. The number of rotatable bonds is 8. The summed E-state index contributed by atoms with van der Waals surface area (Å²) in [7, 11) is 3.18. The first-order chi connectivity index (χ1) is 7.65. The lowest BCUT2D eigenvalue weighted by Gasteiger charge is -2.20. The third-order valence-electron chi connectivity index (χ3n) is 2.21. The molecule has 0 unspecified atom stereocenters. The number of carbonyl (C=O) groups is 2. The van der Waals surface area contributed by atoms with Gasteiger partial charge in [0.1, 0.15) is 6.54 Å². The van der Waals surface area contributed by atoms with Gasteiger partial charge in [-0.1, -0.05) is 6.92 Å². The summed E-state index contributed by atoms with van der Waals surface area (Å²) in [6.45, 7) is 3.45. The molecule has 0 bridgehead atoms. The van der Waals surface area contributed by atoms with Gasteiger partial charge in [0.15, 0.2) is 0 Å². The molecule has 5 heteroatoms. The molecule has 0 rings (SSSR count). The predicted octanol–water partition coefficient (Wildman–Crippen LogP) is 0.398. The molecule has 16 heavy (non-hydrogen) atoms. The van der Waals surface area contributed by atoms with Gasteiger partial charge in [0.25, 0.3) is 0 Å². The molecule has 0 aliphatic carbocycles. The van der Waals surface area contributed by atoms with Crippen LogP contribution >= 0.6 is 0 Å². The van der Waals surface area contributed by atoms with Gasteiger partial charge in [-0.15, -0.1) is 0 Å².